The molecule has 0 aliphatic carbocycles. The van der Waals surface area contributed by atoms with E-state index in [9.17, 15) is 9.59 Å². The third-order valence-corrected chi connectivity index (χ3v) is 5.66. The average Bonchev–Trinajstić information content (AvgIpc) is 2.99. The fraction of sp³-hybridized carbons (Fsp3) is 0.360. The molecule has 0 atom stereocenters. The van der Waals surface area contributed by atoms with Crippen molar-refractivity contribution in [2.45, 2.75) is 39.2 Å². The topological polar surface area (TPSA) is 61.9 Å². The minimum absolute atomic E-state index is 0.0658. The largest absolute Gasteiger partial charge is 0.491 e. The quantitative estimate of drug-likeness (QED) is 0.708. The lowest BCUT2D eigenvalue weighted by Gasteiger charge is -2.28. The van der Waals surface area contributed by atoms with E-state index in [1.165, 1.54) is 32.0 Å². The molecule has 31 heavy (non-hydrogen) atoms. The monoisotopic (exact) mass is 419 g/mol. The van der Waals surface area contributed by atoms with Gasteiger partial charge >= 0.3 is 0 Å². The number of amides is 2. The van der Waals surface area contributed by atoms with Crippen LogP contribution in [0.2, 0.25) is 0 Å². The van der Waals surface area contributed by atoms with Crippen LogP contribution in [0.3, 0.4) is 0 Å². The van der Waals surface area contributed by atoms with Gasteiger partial charge in [-0.15, -0.1) is 0 Å². The first kappa shape index (κ1) is 21.0. The molecule has 0 spiro atoms. The number of rotatable bonds is 6. The third kappa shape index (κ3) is 4.43. The van der Waals surface area contributed by atoms with Crippen LogP contribution in [0.15, 0.2) is 54.2 Å². The van der Waals surface area contributed by atoms with Gasteiger partial charge in [0.2, 0.25) is 0 Å². The van der Waals surface area contributed by atoms with Crippen LogP contribution in [-0.4, -0.2) is 43.0 Å². The number of anilines is 2. The summed E-state index contributed by atoms with van der Waals surface area (Å²) < 4.78 is 5.69. The van der Waals surface area contributed by atoms with Crippen molar-refractivity contribution < 1.29 is 14.3 Å². The van der Waals surface area contributed by atoms with Gasteiger partial charge in [-0.25, -0.2) is 0 Å². The molecule has 0 radical (unpaired) electrons. The molecule has 162 valence electrons. The molecule has 0 saturated carbocycles. The standard InChI is InChI=1S/C25H29N3O3/c1-17(2)31-21-13-7-18(8-14-21)22-23(25(30)27(3)24(22)29)26-19-9-11-20(12-10-19)28-15-5-4-6-16-28/h7-14,17,26H,4-6,15-16H2,1-3H3. The highest BCUT2D eigenvalue weighted by Crippen LogP contribution is 2.31. The number of hydrogen-bond donors (Lipinski definition) is 1. The summed E-state index contributed by atoms with van der Waals surface area (Å²) in [6.45, 7) is 6.08. The van der Waals surface area contributed by atoms with Gasteiger partial charge in [0.1, 0.15) is 11.4 Å². The van der Waals surface area contributed by atoms with E-state index < -0.39 is 0 Å². The van der Waals surface area contributed by atoms with Crippen LogP contribution >= 0.6 is 0 Å². The van der Waals surface area contributed by atoms with Crippen molar-refractivity contribution in [1.82, 2.24) is 4.90 Å². The minimum Gasteiger partial charge on any atom is -0.491 e. The Hall–Kier alpha value is -3.28. The van der Waals surface area contributed by atoms with Gasteiger partial charge in [-0.1, -0.05) is 12.1 Å². The van der Waals surface area contributed by atoms with E-state index in [0.717, 1.165) is 29.4 Å². The molecule has 0 unspecified atom stereocenters. The number of ether oxygens (including phenoxy) is 1. The number of piperidine rings is 1. The van der Waals surface area contributed by atoms with Crippen LogP contribution in [0.1, 0.15) is 38.7 Å². The molecule has 2 amide bonds. The van der Waals surface area contributed by atoms with E-state index in [1.807, 2.05) is 50.2 Å². The summed E-state index contributed by atoms with van der Waals surface area (Å²) >= 11 is 0. The summed E-state index contributed by atoms with van der Waals surface area (Å²) in [7, 11) is 1.51. The second-order valence-corrected chi connectivity index (χ2v) is 8.33. The molecule has 1 fully saturated rings. The first-order valence-corrected chi connectivity index (χ1v) is 10.9. The predicted octanol–water partition coefficient (Wildman–Crippen LogP) is 4.29. The number of carbonyl (C=O) groups is 2. The van der Waals surface area contributed by atoms with Gasteiger partial charge in [-0.05, 0) is 75.1 Å². The third-order valence-electron chi connectivity index (χ3n) is 5.66. The van der Waals surface area contributed by atoms with Crippen molar-refractivity contribution in [3.63, 3.8) is 0 Å². The molecule has 2 aromatic rings. The Bertz CT molecular complexity index is 988. The van der Waals surface area contributed by atoms with Crippen LogP contribution in [0.4, 0.5) is 11.4 Å². The summed E-state index contributed by atoms with van der Waals surface area (Å²) in [5.74, 6) is 0.0878. The molecular formula is C25H29N3O3. The number of nitrogens with zero attached hydrogens (tertiary/aromatic N) is 2. The highest BCUT2D eigenvalue weighted by Gasteiger charge is 2.36. The normalized spacial score (nSPS) is 17.0. The van der Waals surface area contributed by atoms with Crippen molar-refractivity contribution >= 4 is 28.8 Å². The lowest BCUT2D eigenvalue weighted by molar-refractivity contribution is -0.135. The second kappa shape index (κ2) is 8.84. The maximum atomic E-state index is 12.8. The Kier molecular flexibility index (Phi) is 5.98. The summed E-state index contributed by atoms with van der Waals surface area (Å²) in [6.07, 6.45) is 3.80. The van der Waals surface area contributed by atoms with Gasteiger partial charge < -0.3 is 15.0 Å². The first-order valence-electron chi connectivity index (χ1n) is 10.9. The molecule has 6 nitrogen and oxygen atoms in total. The molecule has 1 saturated heterocycles. The van der Waals surface area contributed by atoms with Gasteiger partial charge in [0.15, 0.2) is 0 Å². The predicted molar refractivity (Wildman–Crippen MR) is 123 cm³/mol. The number of benzene rings is 2. The maximum absolute atomic E-state index is 12.8. The van der Waals surface area contributed by atoms with Crippen molar-refractivity contribution in [1.29, 1.82) is 0 Å². The molecule has 1 N–H and O–H groups in total. The summed E-state index contributed by atoms with van der Waals surface area (Å²) in [6, 6.07) is 15.3. The van der Waals surface area contributed by atoms with Gasteiger partial charge in [0.25, 0.3) is 11.8 Å². The van der Waals surface area contributed by atoms with Gasteiger partial charge in [0, 0.05) is 31.5 Å². The number of imide groups is 1. The molecule has 0 bridgehead atoms. The molecule has 2 aliphatic heterocycles. The van der Waals surface area contributed by atoms with Crippen LogP contribution in [0.5, 0.6) is 5.75 Å². The average molecular weight is 420 g/mol. The van der Waals surface area contributed by atoms with E-state index in [4.69, 9.17) is 4.74 Å². The summed E-state index contributed by atoms with van der Waals surface area (Å²) in [5, 5.41) is 3.19. The minimum atomic E-state index is -0.331. The highest BCUT2D eigenvalue weighted by molar-refractivity contribution is 6.36. The maximum Gasteiger partial charge on any atom is 0.277 e. The lowest BCUT2D eigenvalue weighted by atomic mass is 10.0. The van der Waals surface area contributed by atoms with Gasteiger partial charge in [-0.3, -0.25) is 14.5 Å². The number of hydrogen-bond acceptors (Lipinski definition) is 5. The first-order chi connectivity index (χ1) is 14.9. The SMILES string of the molecule is CC(C)Oc1ccc(C2=C(Nc3ccc(N4CCCCC4)cc3)C(=O)N(C)C2=O)cc1. The molecule has 2 heterocycles. The zero-order valence-corrected chi connectivity index (χ0v) is 18.4. The van der Waals surface area contributed by atoms with E-state index >= 15 is 0 Å². The zero-order chi connectivity index (χ0) is 22.0. The molecule has 2 aliphatic rings. The van der Waals surface area contributed by atoms with E-state index in [0.29, 0.717) is 16.8 Å². The Balaban J connectivity index is 1.59. The van der Waals surface area contributed by atoms with E-state index in [-0.39, 0.29) is 17.9 Å². The number of likely N-dealkylation sites (N-methyl/N-ethyl adjacent to an activating group) is 1. The fourth-order valence-electron chi connectivity index (χ4n) is 4.05. The summed E-state index contributed by atoms with van der Waals surface area (Å²) in [4.78, 5) is 29.1. The molecule has 4 rings (SSSR count). The van der Waals surface area contributed by atoms with Crippen LogP contribution < -0.4 is 15.0 Å². The molecule has 6 heteroatoms. The molecular weight excluding hydrogens is 390 g/mol. The van der Waals surface area contributed by atoms with Crippen molar-refractivity contribution in [3.05, 3.63) is 59.8 Å². The van der Waals surface area contributed by atoms with Crippen molar-refractivity contribution in [2.75, 3.05) is 30.4 Å². The van der Waals surface area contributed by atoms with Gasteiger partial charge in [0.05, 0.1) is 11.7 Å². The van der Waals surface area contributed by atoms with Crippen molar-refractivity contribution in [3.8, 4) is 5.75 Å². The second-order valence-electron chi connectivity index (χ2n) is 8.33. The summed E-state index contributed by atoms with van der Waals surface area (Å²) in [5.41, 5.74) is 3.33. The van der Waals surface area contributed by atoms with Gasteiger partial charge in [-0.2, -0.15) is 0 Å². The Labute approximate surface area is 183 Å². The highest BCUT2D eigenvalue weighted by atomic mass is 16.5. The Morgan fingerprint density at radius 2 is 1.52 bits per heavy atom. The number of nitrogens with one attached hydrogen (secondary N) is 1. The number of carbonyl (C=O) groups excluding carboxylic acids is 2. The molecule has 0 aromatic heterocycles. The smallest absolute Gasteiger partial charge is 0.277 e. The Morgan fingerprint density at radius 3 is 2.13 bits per heavy atom. The lowest BCUT2D eigenvalue weighted by Crippen LogP contribution is -2.29. The van der Waals surface area contributed by atoms with Crippen LogP contribution in [-0.2, 0) is 9.59 Å². The molecule has 2 aromatic carbocycles. The Morgan fingerprint density at radius 1 is 0.871 bits per heavy atom. The fourth-order valence-corrected chi connectivity index (χ4v) is 4.05. The van der Waals surface area contributed by atoms with Crippen molar-refractivity contribution in [2.24, 2.45) is 0 Å². The van der Waals surface area contributed by atoms with E-state index in [1.54, 1.807) is 0 Å². The van der Waals surface area contributed by atoms with E-state index in [2.05, 4.69) is 22.3 Å². The van der Waals surface area contributed by atoms with Crippen LogP contribution in [0, 0.1) is 0 Å². The van der Waals surface area contributed by atoms with Crippen LogP contribution in [0.25, 0.3) is 5.57 Å². The zero-order valence-electron chi connectivity index (χ0n) is 18.4.